The Balaban J connectivity index is 1.81. The Kier molecular flexibility index (Phi) is 4.16. The van der Waals surface area contributed by atoms with Gasteiger partial charge in [0.2, 0.25) is 5.91 Å². The number of aromatic hydroxyl groups is 1. The van der Waals surface area contributed by atoms with Gasteiger partial charge in [0.15, 0.2) is 11.5 Å². The van der Waals surface area contributed by atoms with E-state index < -0.39 is 0 Å². The minimum atomic E-state index is -0.158. The smallest absolute Gasteiger partial charge is 0.226 e. The molecule has 1 unspecified atom stereocenters. The average Bonchev–Trinajstić information content (AvgIpc) is 3.05. The molecule has 1 amide bonds. The Morgan fingerprint density at radius 2 is 2.15 bits per heavy atom. The molecule has 0 aliphatic carbocycles. The third kappa shape index (κ3) is 2.84. The normalized spacial score (nSPS) is 16.1. The van der Waals surface area contributed by atoms with Gasteiger partial charge in [0.25, 0.3) is 0 Å². The van der Waals surface area contributed by atoms with Crippen LogP contribution in [0.5, 0.6) is 11.5 Å². The number of benzene rings is 2. The van der Waals surface area contributed by atoms with Gasteiger partial charge in [0.05, 0.1) is 19.0 Å². The first-order valence-electron chi connectivity index (χ1n) is 8.07. The molecule has 2 heterocycles. The number of hydrogen-bond acceptors (Lipinski definition) is 4. The molecule has 1 aliphatic rings. The minimum absolute atomic E-state index is 0.0709. The molecule has 2 aromatic carbocycles. The number of nitrogens with one attached hydrogen (secondary N) is 1. The van der Waals surface area contributed by atoms with Crippen molar-refractivity contribution in [1.82, 2.24) is 9.78 Å². The van der Waals surface area contributed by atoms with Crippen molar-refractivity contribution < 1.29 is 14.6 Å². The summed E-state index contributed by atoms with van der Waals surface area (Å²) >= 11 is 3.46. The fourth-order valence-corrected chi connectivity index (χ4v) is 3.62. The molecule has 6 nitrogen and oxygen atoms in total. The molecule has 132 valence electrons. The summed E-state index contributed by atoms with van der Waals surface area (Å²) < 4.78 is 7.86. The Bertz CT molecular complexity index is 999. The maximum Gasteiger partial charge on any atom is 0.226 e. The van der Waals surface area contributed by atoms with Crippen molar-refractivity contribution in [3.63, 3.8) is 0 Å². The molecule has 0 radical (unpaired) electrons. The molecule has 0 saturated carbocycles. The molecule has 1 atom stereocenters. The van der Waals surface area contributed by atoms with Gasteiger partial charge in [-0.3, -0.25) is 4.79 Å². The van der Waals surface area contributed by atoms with Crippen LogP contribution in [0.1, 0.15) is 23.5 Å². The molecule has 2 N–H and O–H groups in total. The van der Waals surface area contributed by atoms with E-state index in [0.717, 1.165) is 21.3 Å². The molecular formula is C19H16BrN3O3. The Morgan fingerprint density at radius 1 is 1.31 bits per heavy atom. The molecule has 1 aliphatic heterocycles. The first-order valence-corrected chi connectivity index (χ1v) is 8.86. The van der Waals surface area contributed by atoms with Crippen LogP contribution in [0.4, 0.5) is 5.82 Å². The number of carbonyl (C=O) groups is 1. The monoisotopic (exact) mass is 413 g/mol. The predicted octanol–water partition coefficient (Wildman–Crippen LogP) is 3.82. The van der Waals surface area contributed by atoms with E-state index in [2.05, 4.69) is 26.3 Å². The summed E-state index contributed by atoms with van der Waals surface area (Å²) in [5.41, 5.74) is 2.67. The summed E-state index contributed by atoms with van der Waals surface area (Å²) in [6, 6.07) is 12.9. The fourth-order valence-electron chi connectivity index (χ4n) is 3.23. The van der Waals surface area contributed by atoms with Crippen LogP contribution in [0.25, 0.3) is 5.69 Å². The van der Waals surface area contributed by atoms with Crippen LogP contribution >= 0.6 is 15.9 Å². The van der Waals surface area contributed by atoms with E-state index in [1.165, 1.54) is 7.11 Å². The highest BCUT2D eigenvalue weighted by molar-refractivity contribution is 9.10. The number of methoxy groups -OCH3 is 1. The highest BCUT2D eigenvalue weighted by atomic mass is 79.9. The number of aromatic nitrogens is 2. The van der Waals surface area contributed by atoms with Crippen LogP contribution in [0.2, 0.25) is 0 Å². The fraction of sp³-hybridized carbons (Fsp3) is 0.158. The molecule has 3 aromatic rings. The number of nitrogens with zero attached hydrogens (tertiary/aromatic N) is 2. The van der Waals surface area contributed by atoms with Crippen molar-refractivity contribution in [3.05, 3.63) is 64.3 Å². The number of phenolic OH excluding ortho intramolecular Hbond substituents is 1. The summed E-state index contributed by atoms with van der Waals surface area (Å²) in [4.78, 5) is 12.3. The van der Waals surface area contributed by atoms with Gasteiger partial charge in [0.1, 0.15) is 5.82 Å². The van der Waals surface area contributed by atoms with Crippen LogP contribution in [-0.4, -0.2) is 27.9 Å². The number of amides is 1. The van der Waals surface area contributed by atoms with Gasteiger partial charge < -0.3 is 15.2 Å². The Morgan fingerprint density at radius 3 is 2.92 bits per heavy atom. The second kappa shape index (κ2) is 6.49. The van der Waals surface area contributed by atoms with Crippen molar-refractivity contribution >= 4 is 27.7 Å². The van der Waals surface area contributed by atoms with E-state index in [-0.39, 0.29) is 17.6 Å². The summed E-state index contributed by atoms with van der Waals surface area (Å²) in [5, 5.41) is 17.2. The number of hydrogen-bond donors (Lipinski definition) is 2. The number of halogens is 1. The maximum absolute atomic E-state index is 12.3. The zero-order valence-electron chi connectivity index (χ0n) is 13.9. The topological polar surface area (TPSA) is 76.4 Å². The average molecular weight is 414 g/mol. The zero-order valence-corrected chi connectivity index (χ0v) is 15.5. The second-order valence-corrected chi connectivity index (χ2v) is 6.99. The summed E-state index contributed by atoms with van der Waals surface area (Å²) in [6.07, 6.45) is 2.09. The standard InChI is InChI=1S/C19H16BrN3O3/c1-26-17-7-11(5-6-16(17)24)14-9-18(25)22-19-15(14)10-21-23(19)13-4-2-3-12(20)8-13/h2-8,10,14,24H,9H2,1H3,(H,22,25). The lowest BCUT2D eigenvalue weighted by atomic mass is 9.87. The number of phenols is 1. The van der Waals surface area contributed by atoms with Crippen molar-refractivity contribution in [3.8, 4) is 17.2 Å². The van der Waals surface area contributed by atoms with Crippen LogP contribution < -0.4 is 10.1 Å². The molecule has 0 fully saturated rings. The first-order chi connectivity index (χ1) is 12.6. The van der Waals surface area contributed by atoms with E-state index in [0.29, 0.717) is 18.0 Å². The Hall–Kier alpha value is -2.80. The molecule has 26 heavy (non-hydrogen) atoms. The number of anilines is 1. The lowest BCUT2D eigenvalue weighted by Gasteiger charge is -2.24. The lowest BCUT2D eigenvalue weighted by molar-refractivity contribution is -0.116. The first kappa shape index (κ1) is 16.7. The predicted molar refractivity (Wildman–Crippen MR) is 101 cm³/mol. The molecule has 0 bridgehead atoms. The van der Waals surface area contributed by atoms with Gasteiger partial charge in [-0.25, -0.2) is 4.68 Å². The van der Waals surface area contributed by atoms with E-state index in [1.54, 1.807) is 29.1 Å². The lowest BCUT2D eigenvalue weighted by Crippen LogP contribution is -2.24. The van der Waals surface area contributed by atoms with Crippen LogP contribution in [0.15, 0.2) is 53.1 Å². The largest absolute Gasteiger partial charge is 0.504 e. The second-order valence-electron chi connectivity index (χ2n) is 6.08. The minimum Gasteiger partial charge on any atom is -0.504 e. The van der Waals surface area contributed by atoms with E-state index in [9.17, 15) is 9.90 Å². The van der Waals surface area contributed by atoms with Gasteiger partial charge in [-0.15, -0.1) is 0 Å². The summed E-state index contributed by atoms with van der Waals surface area (Å²) in [5.74, 6) is 0.882. The molecule has 0 saturated heterocycles. The van der Waals surface area contributed by atoms with Crippen molar-refractivity contribution in [2.24, 2.45) is 0 Å². The third-order valence-corrected chi connectivity index (χ3v) is 4.97. The number of carbonyl (C=O) groups excluding carboxylic acids is 1. The summed E-state index contributed by atoms with van der Waals surface area (Å²) in [7, 11) is 1.50. The van der Waals surface area contributed by atoms with Crippen molar-refractivity contribution in [1.29, 1.82) is 0 Å². The van der Waals surface area contributed by atoms with Crippen LogP contribution in [-0.2, 0) is 4.79 Å². The number of rotatable bonds is 3. The van der Waals surface area contributed by atoms with Gasteiger partial charge in [-0.1, -0.05) is 28.1 Å². The molecule has 1 aromatic heterocycles. The Labute approximate surface area is 158 Å². The van der Waals surface area contributed by atoms with Gasteiger partial charge in [-0.2, -0.15) is 5.10 Å². The van der Waals surface area contributed by atoms with E-state index in [4.69, 9.17) is 4.74 Å². The molecule has 0 spiro atoms. The van der Waals surface area contributed by atoms with Crippen LogP contribution in [0, 0.1) is 0 Å². The highest BCUT2D eigenvalue weighted by Gasteiger charge is 2.30. The quantitative estimate of drug-likeness (QED) is 0.683. The highest BCUT2D eigenvalue weighted by Crippen LogP contribution is 2.40. The van der Waals surface area contributed by atoms with Gasteiger partial charge in [-0.05, 0) is 35.9 Å². The molecule has 4 rings (SSSR count). The van der Waals surface area contributed by atoms with Crippen molar-refractivity contribution in [2.75, 3.05) is 12.4 Å². The van der Waals surface area contributed by atoms with Gasteiger partial charge in [0, 0.05) is 22.4 Å². The SMILES string of the molecule is COc1cc(C2CC(=O)Nc3c2cnn3-c2cccc(Br)c2)ccc1O. The third-order valence-electron chi connectivity index (χ3n) is 4.48. The number of ether oxygens (including phenoxy) is 1. The summed E-state index contributed by atoms with van der Waals surface area (Å²) in [6.45, 7) is 0. The number of fused-ring (bicyclic) bond motifs is 1. The maximum atomic E-state index is 12.3. The van der Waals surface area contributed by atoms with Crippen LogP contribution in [0.3, 0.4) is 0 Å². The zero-order chi connectivity index (χ0) is 18.3. The molecule has 7 heteroatoms. The van der Waals surface area contributed by atoms with Crippen molar-refractivity contribution in [2.45, 2.75) is 12.3 Å². The molecular weight excluding hydrogens is 398 g/mol. The van der Waals surface area contributed by atoms with E-state index >= 15 is 0 Å². The van der Waals surface area contributed by atoms with Gasteiger partial charge >= 0.3 is 0 Å². The van der Waals surface area contributed by atoms with E-state index in [1.807, 2.05) is 24.3 Å².